The average molecular weight is 180 g/mol. The SMILES string of the molecule is Cc1ccccc1CC(C)(C)S. The van der Waals surface area contributed by atoms with Gasteiger partial charge in [-0.25, -0.2) is 0 Å². The van der Waals surface area contributed by atoms with E-state index in [-0.39, 0.29) is 4.75 Å². The number of rotatable bonds is 2. The van der Waals surface area contributed by atoms with Crippen molar-refractivity contribution in [3.8, 4) is 0 Å². The predicted octanol–water partition coefficient (Wildman–Crippen LogP) is 3.25. The Morgan fingerprint density at radius 2 is 1.83 bits per heavy atom. The van der Waals surface area contributed by atoms with Crippen LogP contribution in [0.3, 0.4) is 0 Å². The number of aryl methyl sites for hydroxylation is 1. The Morgan fingerprint density at radius 1 is 1.25 bits per heavy atom. The number of thiol groups is 1. The molecule has 0 heterocycles. The van der Waals surface area contributed by atoms with E-state index in [1.165, 1.54) is 11.1 Å². The van der Waals surface area contributed by atoms with Gasteiger partial charge in [0.2, 0.25) is 0 Å². The zero-order valence-corrected chi connectivity index (χ0v) is 8.86. The molecular weight excluding hydrogens is 164 g/mol. The van der Waals surface area contributed by atoms with E-state index in [1.807, 2.05) is 0 Å². The fraction of sp³-hybridized carbons (Fsp3) is 0.455. The minimum absolute atomic E-state index is 0.0894. The lowest BCUT2D eigenvalue weighted by atomic mass is 9.98. The van der Waals surface area contributed by atoms with Crippen molar-refractivity contribution in [2.24, 2.45) is 0 Å². The third-order valence-electron chi connectivity index (χ3n) is 1.88. The van der Waals surface area contributed by atoms with E-state index in [0.29, 0.717) is 0 Å². The van der Waals surface area contributed by atoms with Gasteiger partial charge < -0.3 is 0 Å². The largest absolute Gasteiger partial charge is 0.173 e. The first-order valence-electron chi connectivity index (χ1n) is 4.26. The van der Waals surface area contributed by atoms with Crippen LogP contribution in [0, 0.1) is 6.92 Å². The van der Waals surface area contributed by atoms with Crippen LogP contribution >= 0.6 is 12.6 Å². The summed E-state index contributed by atoms with van der Waals surface area (Å²) < 4.78 is 0.0894. The zero-order valence-electron chi connectivity index (χ0n) is 7.96. The fourth-order valence-electron chi connectivity index (χ4n) is 1.27. The summed E-state index contributed by atoms with van der Waals surface area (Å²) >= 11 is 4.51. The first kappa shape index (κ1) is 9.66. The molecule has 1 aromatic rings. The summed E-state index contributed by atoms with van der Waals surface area (Å²) in [4.78, 5) is 0. The summed E-state index contributed by atoms with van der Waals surface area (Å²) in [5.41, 5.74) is 2.76. The van der Waals surface area contributed by atoms with Crippen molar-refractivity contribution >= 4 is 12.6 Å². The second-order valence-corrected chi connectivity index (χ2v) is 5.13. The Balaban J connectivity index is 2.83. The Morgan fingerprint density at radius 3 is 2.33 bits per heavy atom. The van der Waals surface area contributed by atoms with Crippen LogP contribution in [0.15, 0.2) is 24.3 Å². The monoisotopic (exact) mass is 180 g/mol. The highest BCUT2D eigenvalue weighted by Gasteiger charge is 2.12. The topological polar surface area (TPSA) is 0 Å². The van der Waals surface area contributed by atoms with Crippen LogP contribution < -0.4 is 0 Å². The minimum atomic E-state index is 0.0894. The Hall–Kier alpha value is -0.430. The molecule has 0 spiro atoms. The number of hydrogen-bond donors (Lipinski definition) is 1. The van der Waals surface area contributed by atoms with Crippen molar-refractivity contribution in [3.63, 3.8) is 0 Å². The van der Waals surface area contributed by atoms with Crippen molar-refractivity contribution < 1.29 is 0 Å². The summed E-state index contributed by atoms with van der Waals surface area (Å²) in [5, 5.41) is 0. The van der Waals surface area contributed by atoms with Gasteiger partial charge in [0.25, 0.3) is 0 Å². The van der Waals surface area contributed by atoms with Crippen LogP contribution in [0.25, 0.3) is 0 Å². The van der Waals surface area contributed by atoms with Crippen LogP contribution in [0.2, 0.25) is 0 Å². The van der Waals surface area contributed by atoms with Crippen LogP contribution in [-0.2, 0) is 6.42 Å². The van der Waals surface area contributed by atoms with E-state index < -0.39 is 0 Å². The Kier molecular flexibility index (Phi) is 2.84. The minimum Gasteiger partial charge on any atom is -0.173 e. The second kappa shape index (κ2) is 3.53. The normalized spacial score (nSPS) is 11.7. The molecule has 66 valence electrons. The first-order chi connectivity index (χ1) is 5.49. The van der Waals surface area contributed by atoms with Gasteiger partial charge in [-0.2, -0.15) is 12.6 Å². The molecule has 0 saturated heterocycles. The molecule has 0 atom stereocenters. The highest BCUT2D eigenvalue weighted by atomic mass is 32.1. The van der Waals surface area contributed by atoms with E-state index >= 15 is 0 Å². The molecule has 0 amide bonds. The van der Waals surface area contributed by atoms with Crippen molar-refractivity contribution in [1.82, 2.24) is 0 Å². The molecule has 12 heavy (non-hydrogen) atoms. The summed E-state index contributed by atoms with van der Waals surface area (Å²) in [7, 11) is 0. The fourth-order valence-corrected chi connectivity index (χ4v) is 1.44. The van der Waals surface area contributed by atoms with Gasteiger partial charge in [0.15, 0.2) is 0 Å². The second-order valence-electron chi connectivity index (χ2n) is 3.92. The quantitative estimate of drug-likeness (QED) is 0.664. The molecule has 0 aliphatic rings. The van der Waals surface area contributed by atoms with Gasteiger partial charge in [-0.15, -0.1) is 0 Å². The molecule has 0 aromatic heterocycles. The van der Waals surface area contributed by atoms with Gasteiger partial charge >= 0.3 is 0 Å². The Bertz CT molecular complexity index is 258. The van der Waals surface area contributed by atoms with E-state index in [0.717, 1.165) is 6.42 Å². The van der Waals surface area contributed by atoms with Gasteiger partial charge in [-0.05, 0) is 24.5 Å². The van der Waals surface area contributed by atoms with Crippen molar-refractivity contribution in [1.29, 1.82) is 0 Å². The molecule has 1 aromatic carbocycles. The molecule has 1 rings (SSSR count). The molecule has 0 saturated carbocycles. The lowest BCUT2D eigenvalue weighted by Gasteiger charge is -2.18. The molecule has 0 fully saturated rings. The van der Waals surface area contributed by atoms with Crippen molar-refractivity contribution in [2.45, 2.75) is 31.9 Å². The molecule has 0 aliphatic heterocycles. The lowest BCUT2D eigenvalue weighted by molar-refractivity contribution is 0.711. The standard InChI is InChI=1S/C11H16S/c1-9-6-4-5-7-10(9)8-11(2,3)12/h4-7,12H,8H2,1-3H3. The molecular formula is C11H16S. The van der Waals surface area contributed by atoms with E-state index in [4.69, 9.17) is 0 Å². The summed E-state index contributed by atoms with van der Waals surface area (Å²) in [6.07, 6.45) is 1.03. The molecule has 0 aliphatic carbocycles. The maximum atomic E-state index is 4.51. The molecule has 1 heteroatoms. The maximum Gasteiger partial charge on any atom is 0.0114 e. The summed E-state index contributed by atoms with van der Waals surface area (Å²) in [6.45, 7) is 6.43. The number of benzene rings is 1. The maximum absolute atomic E-state index is 4.51. The van der Waals surface area contributed by atoms with Gasteiger partial charge in [-0.3, -0.25) is 0 Å². The van der Waals surface area contributed by atoms with Gasteiger partial charge in [0, 0.05) is 4.75 Å². The third-order valence-corrected chi connectivity index (χ3v) is 2.04. The molecule has 0 unspecified atom stereocenters. The van der Waals surface area contributed by atoms with E-state index in [1.54, 1.807) is 0 Å². The zero-order chi connectivity index (χ0) is 9.19. The first-order valence-corrected chi connectivity index (χ1v) is 4.71. The smallest absolute Gasteiger partial charge is 0.0114 e. The van der Waals surface area contributed by atoms with Crippen LogP contribution in [0.1, 0.15) is 25.0 Å². The van der Waals surface area contributed by atoms with Crippen molar-refractivity contribution in [3.05, 3.63) is 35.4 Å². The number of hydrogen-bond acceptors (Lipinski definition) is 1. The van der Waals surface area contributed by atoms with E-state index in [2.05, 4.69) is 57.7 Å². The van der Waals surface area contributed by atoms with Gasteiger partial charge in [-0.1, -0.05) is 38.1 Å². The van der Waals surface area contributed by atoms with Crippen LogP contribution in [-0.4, -0.2) is 4.75 Å². The molecule has 0 radical (unpaired) electrons. The third kappa shape index (κ3) is 2.90. The van der Waals surface area contributed by atoms with Crippen molar-refractivity contribution in [2.75, 3.05) is 0 Å². The predicted molar refractivity (Wildman–Crippen MR) is 57.9 cm³/mol. The highest BCUT2D eigenvalue weighted by Crippen LogP contribution is 2.20. The van der Waals surface area contributed by atoms with Gasteiger partial charge in [0.05, 0.1) is 0 Å². The molecule has 0 nitrogen and oxygen atoms in total. The molecule has 0 N–H and O–H groups in total. The molecule has 0 bridgehead atoms. The lowest BCUT2D eigenvalue weighted by Crippen LogP contribution is -2.14. The van der Waals surface area contributed by atoms with Gasteiger partial charge in [0.1, 0.15) is 0 Å². The van der Waals surface area contributed by atoms with E-state index in [9.17, 15) is 0 Å². The summed E-state index contributed by atoms with van der Waals surface area (Å²) in [6, 6.07) is 8.48. The van der Waals surface area contributed by atoms with Crippen LogP contribution in [0.5, 0.6) is 0 Å². The van der Waals surface area contributed by atoms with Crippen LogP contribution in [0.4, 0.5) is 0 Å². The summed E-state index contributed by atoms with van der Waals surface area (Å²) in [5.74, 6) is 0. The average Bonchev–Trinajstić information content (AvgIpc) is 1.91. The Labute approximate surface area is 80.4 Å². The highest BCUT2D eigenvalue weighted by molar-refractivity contribution is 7.81.